The molecule has 0 saturated heterocycles. The highest BCUT2D eigenvalue weighted by atomic mass is 16.5. The first-order chi connectivity index (χ1) is 8.59. The summed E-state index contributed by atoms with van der Waals surface area (Å²) in [6, 6.07) is 4.15. The third-order valence-corrected chi connectivity index (χ3v) is 3.34. The second-order valence-corrected chi connectivity index (χ2v) is 5.15. The van der Waals surface area contributed by atoms with Gasteiger partial charge in [-0.3, -0.25) is 4.98 Å². The Morgan fingerprint density at radius 3 is 2.78 bits per heavy atom. The average Bonchev–Trinajstić information content (AvgIpc) is 2.93. The van der Waals surface area contributed by atoms with Crippen LogP contribution in [-0.2, 0) is 0 Å². The molecule has 0 bridgehead atoms. The van der Waals surface area contributed by atoms with E-state index in [2.05, 4.69) is 36.1 Å². The number of H-pyrrole nitrogens is 1. The molecular weight excluding hydrogens is 226 g/mol. The van der Waals surface area contributed by atoms with Gasteiger partial charge in [0.2, 0.25) is 0 Å². The predicted molar refractivity (Wildman–Crippen MR) is 74.3 cm³/mol. The molecule has 0 saturated carbocycles. The highest BCUT2D eigenvalue weighted by Crippen LogP contribution is 2.36. The number of aromatic nitrogens is 2. The van der Waals surface area contributed by atoms with Crippen LogP contribution in [0, 0.1) is 0 Å². The van der Waals surface area contributed by atoms with Crippen molar-refractivity contribution < 1.29 is 4.52 Å². The van der Waals surface area contributed by atoms with Gasteiger partial charge in [0, 0.05) is 25.7 Å². The van der Waals surface area contributed by atoms with E-state index in [4.69, 9.17) is 4.52 Å². The van der Waals surface area contributed by atoms with Gasteiger partial charge in [0.15, 0.2) is 5.58 Å². The summed E-state index contributed by atoms with van der Waals surface area (Å²) in [7, 11) is 4.00. The fraction of sp³-hybridized carbons (Fsp3) is 0.357. The van der Waals surface area contributed by atoms with Crippen molar-refractivity contribution in [3.05, 3.63) is 23.9 Å². The number of hydrogen-bond acceptors (Lipinski definition) is 3. The monoisotopic (exact) mass is 243 g/mol. The predicted octanol–water partition coefficient (Wildman–Crippen LogP) is 3.50. The third kappa shape index (κ3) is 1.41. The van der Waals surface area contributed by atoms with Crippen molar-refractivity contribution in [1.82, 2.24) is 10.1 Å². The van der Waals surface area contributed by atoms with Gasteiger partial charge in [-0.1, -0.05) is 13.8 Å². The van der Waals surface area contributed by atoms with E-state index in [1.54, 1.807) is 0 Å². The van der Waals surface area contributed by atoms with E-state index < -0.39 is 0 Å². The molecule has 0 amide bonds. The molecule has 18 heavy (non-hydrogen) atoms. The van der Waals surface area contributed by atoms with Gasteiger partial charge in [-0.2, -0.15) is 0 Å². The minimum atomic E-state index is 0.430. The molecule has 0 unspecified atom stereocenters. The van der Waals surface area contributed by atoms with Crippen LogP contribution in [-0.4, -0.2) is 24.2 Å². The number of nitrogens with one attached hydrogen (secondary N) is 1. The minimum absolute atomic E-state index is 0.430. The Labute approximate surface area is 106 Å². The van der Waals surface area contributed by atoms with Gasteiger partial charge in [-0.15, -0.1) is 0 Å². The Hall–Kier alpha value is -1.97. The topological polar surface area (TPSA) is 45.1 Å². The highest BCUT2D eigenvalue weighted by molar-refractivity contribution is 6.11. The zero-order valence-electron chi connectivity index (χ0n) is 11.1. The molecule has 0 radical (unpaired) electrons. The van der Waals surface area contributed by atoms with Gasteiger partial charge in [0.05, 0.1) is 10.9 Å². The van der Waals surface area contributed by atoms with E-state index in [-0.39, 0.29) is 0 Å². The lowest BCUT2D eigenvalue weighted by Crippen LogP contribution is -2.09. The fourth-order valence-electron chi connectivity index (χ4n) is 2.42. The smallest absolute Gasteiger partial charge is 0.167 e. The Balaban J connectivity index is 2.47. The van der Waals surface area contributed by atoms with Gasteiger partial charge in [0.25, 0.3) is 0 Å². The lowest BCUT2D eigenvalue weighted by Gasteiger charge is -2.10. The first kappa shape index (κ1) is 11.1. The fourth-order valence-corrected chi connectivity index (χ4v) is 2.42. The van der Waals surface area contributed by atoms with Gasteiger partial charge < -0.3 is 9.42 Å². The van der Waals surface area contributed by atoms with E-state index in [1.807, 2.05) is 25.2 Å². The van der Waals surface area contributed by atoms with E-state index >= 15 is 0 Å². The largest absolute Gasteiger partial charge is 0.380 e. The number of fused-ring (bicyclic) bond motifs is 3. The Morgan fingerprint density at radius 2 is 2.11 bits per heavy atom. The molecule has 0 fully saturated rings. The molecule has 0 aliphatic rings. The molecule has 0 atom stereocenters. The van der Waals surface area contributed by atoms with Gasteiger partial charge in [-0.25, -0.2) is 5.16 Å². The van der Waals surface area contributed by atoms with Crippen LogP contribution in [0.3, 0.4) is 0 Å². The number of aromatic amines is 1. The number of anilines is 1. The number of hydrogen-bond donors (Lipinski definition) is 1. The molecule has 2 aromatic heterocycles. The molecule has 1 N–H and O–H groups in total. The summed E-state index contributed by atoms with van der Waals surface area (Å²) in [5, 5.41) is 5.25. The molecule has 1 aromatic carbocycles. The summed E-state index contributed by atoms with van der Waals surface area (Å²) < 4.78 is 5.58. The van der Waals surface area contributed by atoms with Crippen molar-refractivity contribution in [3.63, 3.8) is 0 Å². The lowest BCUT2D eigenvalue weighted by atomic mass is 9.98. The van der Waals surface area contributed by atoms with Crippen LogP contribution in [0.2, 0.25) is 0 Å². The minimum Gasteiger partial charge on any atom is -0.380 e. The summed E-state index contributed by atoms with van der Waals surface area (Å²) in [5.74, 6) is 1.41. The highest BCUT2D eigenvalue weighted by Gasteiger charge is 2.17. The van der Waals surface area contributed by atoms with Gasteiger partial charge >= 0.3 is 0 Å². The van der Waals surface area contributed by atoms with Crippen molar-refractivity contribution in [3.8, 4) is 0 Å². The van der Waals surface area contributed by atoms with Crippen LogP contribution in [0.5, 0.6) is 0 Å². The standard InChI is InChI=1S/C14H17N3O/c1-8(2)10-7-11-12(9-5-6-15-13(9)10)14(16-18-11)17(3)4/h5-8,16H,1-4H3. The van der Waals surface area contributed by atoms with Crippen LogP contribution in [0.25, 0.3) is 21.9 Å². The van der Waals surface area contributed by atoms with Crippen molar-refractivity contribution in [2.24, 2.45) is 0 Å². The first-order valence-electron chi connectivity index (χ1n) is 6.15. The number of nitrogens with zero attached hydrogens (tertiary/aromatic N) is 2. The van der Waals surface area contributed by atoms with E-state index in [1.165, 1.54) is 5.56 Å². The maximum Gasteiger partial charge on any atom is 0.167 e. The van der Waals surface area contributed by atoms with Crippen LogP contribution in [0.15, 0.2) is 22.9 Å². The summed E-state index contributed by atoms with van der Waals surface area (Å²) in [6.07, 6.45) is 1.86. The molecule has 4 heteroatoms. The lowest BCUT2D eigenvalue weighted by molar-refractivity contribution is 0.457. The quantitative estimate of drug-likeness (QED) is 0.749. The SMILES string of the molecule is CC(C)c1cc2o[nH]c(N(C)C)c2c2ccnc12. The summed E-state index contributed by atoms with van der Waals surface area (Å²) in [5.41, 5.74) is 3.20. The normalized spacial score (nSPS) is 11.8. The maximum absolute atomic E-state index is 5.58. The van der Waals surface area contributed by atoms with Gasteiger partial charge in [0.1, 0.15) is 5.82 Å². The summed E-state index contributed by atoms with van der Waals surface area (Å²) >= 11 is 0. The molecular formula is C14H17N3O. The molecule has 0 aliphatic carbocycles. The molecule has 2 heterocycles. The van der Waals surface area contributed by atoms with Crippen molar-refractivity contribution in [1.29, 1.82) is 0 Å². The zero-order chi connectivity index (χ0) is 12.9. The molecule has 3 aromatic rings. The van der Waals surface area contributed by atoms with Crippen LogP contribution in [0.1, 0.15) is 25.3 Å². The number of rotatable bonds is 2. The number of benzene rings is 1. The Kier molecular flexibility index (Phi) is 2.33. The van der Waals surface area contributed by atoms with E-state index in [0.717, 1.165) is 27.7 Å². The summed E-state index contributed by atoms with van der Waals surface area (Å²) in [6.45, 7) is 4.35. The second-order valence-electron chi connectivity index (χ2n) is 5.15. The molecule has 4 nitrogen and oxygen atoms in total. The molecule has 94 valence electrons. The zero-order valence-corrected chi connectivity index (χ0v) is 11.1. The first-order valence-corrected chi connectivity index (χ1v) is 6.15. The average molecular weight is 243 g/mol. The van der Waals surface area contributed by atoms with Crippen LogP contribution < -0.4 is 4.90 Å². The Morgan fingerprint density at radius 1 is 1.33 bits per heavy atom. The molecule has 3 rings (SSSR count). The van der Waals surface area contributed by atoms with Crippen molar-refractivity contribution >= 4 is 27.7 Å². The van der Waals surface area contributed by atoms with Gasteiger partial charge in [-0.05, 0) is 23.6 Å². The van der Waals surface area contributed by atoms with Crippen LogP contribution in [0.4, 0.5) is 5.82 Å². The maximum atomic E-state index is 5.58. The third-order valence-electron chi connectivity index (χ3n) is 3.34. The Bertz CT molecular complexity index is 706. The molecule has 0 spiro atoms. The summed E-state index contributed by atoms with van der Waals surface area (Å²) in [4.78, 5) is 6.52. The van der Waals surface area contributed by atoms with Crippen molar-refractivity contribution in [2.75, 3.05) is 19.0 Å². The van der Waals surface area contributed by atoms with E-state index in [9.17, 15) is 0 Å². The molecule has 0 aliphatic heterocycles. The second kappa shape index (κ2) is 3.77. The van der Waals surface area contributed by atoms with Crippen LogP contribution >= 0.6 is 0 Å². The van der Waals surface area contributed by atoms with Crippen molar-refractivity contribution in [2.45, 2.75) is 19.8 Å². The van der Waals surface area contributed by atoms with E-state index in [0.29, 0.717) is 5.92 Å².